The molecule has 5 nitrogen and oxygen atoms in total. The Labute approximate surface area is 183 Å². The summed E-state index contributed by atoms with van der Waals surface area (Å²) in [6.07, 6.45) is 4.24. The molecule has 154 valence electrons. The van der Waals surface area contributed by atoms with Gasteiger partial charge in [0, 0.05) is 34.7 Å². The molecule has 0 unspecified atom stereocenters. The largest absolute Gasteiger partial charge is 0.379 e. The number of benzene rings is 1. The molecule has 1 spiro atoms. The number of nitrogens with one attached hydrogen (secondary N) is 1. The summed E-state index contributed by atoms with van der Waals surface area (Å²) >= 11 is 3.52. The molecule has 0 amide bonds. The molecule has 0 saturated carbocycles. The molecule has 4 aromatic rings. The van der Waals surface area contributed by atoms with Gasteiger partial charge in [-0.3, -0.25) is 4.90 Å². The number of thiophene rings is 1. The Bertz CT molecular complexity index is 1210. The number of thiazole rings is 1. The second-order valence-electron chi connectivity index (χ2n) is 8.21. The smallest absolute Gasteiger partial charge is 0.125 e. The van der Waals surface area contributed by atoms with Crippen molar-refractivity contribution in [1.82, 2.24) is 14.9 Å². The fourth-order valence-corrected chi connectivity index (χ4v) is 7.23. The number of pyridine rings is 1. The number of anilines is 2. The zero-order valence-electron chi connectivity index (χ0n) is 16.9. The van der Waals surface area contributed by atoms with Crippen LogP contribution in [0.1, 0.15) is 30.6 Å². The molecule has 1 N–H and O–H groups in total. The van der Waals surface area contributed by atoms with E-state index in [1.165, 1.54) is 21.4 Å². The number of hydrogen-bond donors (Lipinski definition) is 1. The highest BCUT2D eigenvalue weighted by atomic mass is 32.1. The zero-order chi connectivity index (χ0) is 20.1. The van der Waals surface area contributed by atoms with Gasteiger partial charge in [-0.25, -0.2) is 9.97 Å². The summed E-state index contributed by atoms with van der Waals surface area (Å²) in [5.74, 6) is 0.526. The normalized spacial score (nSPS) is 24.5. The molecule has 2 saturated heterocycles. The van der Waals surface area contributed by atoms with E-state index in [2.05, 4.69) is 52.5 Å². The molecule has 30 heavy (non-hydrogen) atoms. The van der Waals surface area contributed by atoms with Crippen LogP contribution in [0.5, 0.6) is 0 Å². The number of rotatable bonds is 4. The predicted octanol–water partition coefficient (Wildman–Crippen LogP) is 5.62. The number of likely N-dealkylation sites (tertiary alicyclic amines) is 1. The first-order chi connectivity index (χ1) is 14.8. The lowest BCUT2D eigenvalue weighted by atomic mass is 9.82. The van der Waals surface area contributed by atoms with Gasteiger partial charge in [-0.1, -0.05) is 6.92 Å². The van der Waals surface area contributed by atoms with Gasteiger partial charge < -0.3 is 10.1 Å². The molecular formula is C23H24N4OS2. The summed E-state index contributed by atoms with van der Waals surface area (Å²) < 4.78 is 7.11. The average molecular weight is 437 g/mol. The van der Waals surface area contributed by atoms with Crippen molar-refractivity contribution < 1.29 is 4.74 Å². The van der Waals surface area contributed by atoms with Crippen LogP contribution in [0.3, 0.4) is 0 Å². The number of nitrogens with zero attached hydrogens (tertiary/aromatic N) is 3. The standard InChI is InChI=1S/C23H24N4OS2/c1-2-27-9-6-17(23(27)7-10-28-13-23)21-12-16-18(5-8-24-22(16)30-21)26-15-3-4-20-19(11-15)25-14-29-20/h3-5,8,11-12,14,17H,2,6-7,9-10,13H2,1H3,(H,24,26)/t17-,23+/m0/s1. The molecule has 0 aliphatic carbocycles. The van der Waals surface area contributed by atoms with Crippen LogP contribution < -0.4 is 5.32 Å². The number of hydrogen-bond acceptors (Lipinski definition) is 7. The Balaban J connectivity index is 1.37. The second-order valence-corrected chi connectivity index (χ2v) is 10.2. The molecule has 2 aliphatic rings. The van der Waals surface area contributed by atoms with Gasteiger partial charge >= 0.3 is 0 Å². The maximum absolute atomic E-state index is 5.90. The van der Waals surface area contributed by atoms with Crippen LogP contribution in [0.4, 0.5) is 11.4 Å². The second kappa shape index (κ2) is 7.27. The minimum absolute atomic E-state index is 0.166. The van der Waals surface area contributed by atoms with Gasteiger partial charge in [0.2, 0.25) is 0 Å². The van der Waals surface area contributed by atoms with Crippen LogP contribution in [0.2, 0.25) is 0 Å². The van der Waals surface area contributed by atoms with Crippen molar-refractivity contribution in [2.75, 3.05) is 31.6 Å². The van der Waals surface area contributed by atoms with E-state index in [0.717, 1.165) is 54.4 Å². The van der Waals surface area contributed by atoms with Crippen LogP contribution in [-0.4, -0.2) is 46.7 Å². The minimum atomic E-state index is 0.166. The van der Waals surface area contributed by atoms with E-state index >= 15 is 0 Å². The number of ether oxygens (including phenoxy) is 1. The van der Waals surface area contributed by atoms with Crippen LogP contribution in [0.25, 0.3) is 20.4 Å². The third kappa shape index (κ3) is 2.87. The van der Waals surface area contributed by atoms with E-state index < -0.39 is 0 Å². The third-order valence-electron chi connectivity index (χ3n) is 6.79. The Morgan fingerprint density at radius 3 is 3.10 bits per heavy atom. The summed E-state index contributed by atoms with van der Waals surface area (Å²) in [6.45, 7) is 6.25. The van der Waals surface area contributed by atoms with Gasteiger partial charge in [0.05, 0.1) is 33.6 Å². The number of fused-ring (bicyclic) bond motifs is 2. The first-order valence-corrected chi connectivity index (χ1v) is 12.3. The lowest BCUT2D eigenvalue weighted by Crippen LogP contribution is -2.47. The van der Waals surface area contributed by atoms with Gasteiger partial charge in [0.15, 0.2) is 0 Å². The Morgan fingerprint density at radius 2 is 2.23 bits per heavy atom. The van der Waals surface area contributed by atoms with Crippen molar-refractivity contribution in [3.8, 4) is 0 Å². The third-order valence-corrected chi connectivity index (χ3v) is 8.75. The van der Waals surface area contributed by atoms with Crippen molar-refractivity contribution in [3.63, 3.8) is 0 Å². The van der Waals surface area contributed by atoms with Gasteiger partial charge in [-0.2, -0.15) is 0 Å². The lowest BCUT2D eigenvalue weighted by Gasteiger charge is -2.37. The zero-order valence-corrected chi connectivity index (χ0v) is 18.6. The quantitative estimate of drug-likeness (QED) is 0.450. The number of likely N-dealkylation sites (N-methyl/N-ethyl adjacent to an activating group) is 1. The molecule has 6 rings (SSSR count). The monoisotopic (exact) mass is 436 g/mol. The summed E-state index contributed by atoms with van der Waals surface area (Å²) in [7, 11) is 0. The first kappa shape index (κ1) is 18.7. The maximum Gasteiger partial charge on any atom is 0.125 e. The minimum Gasteiger partial charge on any atom is -0.379 e. The maximum atomic E-state index is 5.90. The van der Waals surface area contributed by atoms with E-state index in [-0.39, 0.29) is 5.54 Å². The van der Waals surface area contributed by atoms with E-state index in [1.807, 2.05) is 23.0 Å². The highest BCUT2D eigenvalue weighted by Crippen LogP contribution is 2.49. The van der Waals surface area contributed by atoms with Crippen molar-refractivity contribution in [2.45, 2.75) is 31.2 Å². The molecule has 0 radical (unpaired) electrons. The van der Waals surface area contributed by atoms with Crippen LogP contribution in [-0.2, 0) is 4.74 Å². The Kier molecular flexibility index (Phi) is 4.53. The molecule has 2 atom stereocenters. The molecular weight excluding hydrogens is 412 g/mol. The highest BCUT2D eigenvalue weighted by Gasteiger charge is 2.51. The topological polar surface area (TPSA) is 50.3 Å². The van der Waals surface area contributed by atoms with Gasteiger partial charge in [0.1, 0.15) is 4.83 Å². The average Bonchev–Trinajstić information content (AvgIpc) is 3.55. The molecule has 2 fully saturated rings. The van der Waals surface area contributed by atoms with Gasteiger partial charge in [-0.15, -0.1) is 22.7 Å². The molecule has 5 heterocycles. The molecule has 2 aliphatic heterocycles. The van der Waals surface area contributed by atoms with E-state index in [9.17, 15) is 0 Å². The van der Waals surface area contributed by atoms with Crippen molar-refractivity contribution >= 4 is 54.5 Å². The molecule has 1 aromatic carbocycles. The summed E-state index contributed by atoms with van der Waals surface area (Å²) in [6, 6.07) is 10.8. The molecule has 0 bridgehead atoms. The Hall–Kier alpha value is -2.06. The van der Waals surface area contributed by atoms with E-state index in [4.69, 9.17) is 9.72 Å². The lowest BCUT2D eigenvalue weighted by molar-refractivity contribution is 0.0963. The first-order valence-electron chi connectivity index (χ1n) is 10.6. The SMILES string of the molecule is CCN1CC[C@@H](c2cc3c(Nc4ccc5scnc5c4)ccnc3s2)[C@]12CCOC2. The summed E-state index contributed by atoms with van der Waals surface area (Å²) in [5.41, 5.74) is 5.27. The summed E-state index contributed by atoms with van der Waals surface area (Å²) in [4.78, 5) is 14.3. The van der Waals surface area contributed by atoms with Gasteiger partial charge in [0.25, 0.3) is 0 Å². The summed E-state index contributed by atoms with van der Waals surface area (Å²) in [5, 5.41) is 4.82. The predicted molar refractivity (Wildman–Crippen MR) is 125 cm³/mol. The van der Waals surface area contributed by atoms with E-state index in [0.29, 0.717) is 5.92 Å². The fraction of sp³-hybridized carbons (Fsp3) is 0.391. The number of aromatic nitrogens is 2. The van der Waals surface area contributed by atoms with Crippen molar-refractivity contribution in [1.29, 1.82) is 0 Å². The van der Waals surface area contributed by atoms with E-state index in [1.54, 1.807) is 11.3 Å². The molecule has 7 heteroatoms. The van der Waals surface area contributed by atoms with Crippen molar-refractivity contribution in [2.24, 2.45) is 0 Å². The van der Waals surface area contributed by atoms with Gasteiger partial charge in [-0.05, 0) is 56.3 Å². The van der Waals surface area contributed by atoms with Crippen LogP contribution in [0, 0.1) is 0 Å². The Morgan fingerprint density at radius 1 is 1.27 bits per heavy atom. The van der Waals surface area contributed by atoms with Crippen LogP contribution in [0.15, 0.2) is 42.0 Å². The fourth-order valence-electron chi connectivity index (χ4n) is 5.30. The highest BCUT2D eigenvalue weighted by molar-refractivity contribution is 7.18. The molecule has 3 aromatic heterocycles. The van der Waals surface area contributed by atoms with Crippen molar-refractivity contribution in [3.05, 3.63) is 46.9 Å². The van der Waals surface area contributed by atoms with Crippen LogP contribution >= 0.6 is 22.7 Å².